The van der Waals surface area contributed by atoms with Gasteiger partial charge in [-0.25, -0.2) is 8.42 Å². The Morgan fingerprint density at radius 3 is 2.30 bits per heavy atom. The molecule has 8 heteroatoms. The number of carbonyl (C=O) groups is 1. The number of anilines is 1. The fourth-order valence-corrected chi connectivity index (χ4v) is 3.94. The minimum Gasteiger partial charge on any atom is -0.497 e. The molecule has 1 N–H and O–H groups in total. The van der Waals surface area contributed by atoms with E-state index in [1.165, 1.54) is 26.4 Å². The Morgan fingerprint density at radius 1 is 1.07 bits per heavy atom. The number of carbonyl (C=O) groups excluding carboxylic acids is 1. The smallest absolute Gasteiger partial charge is 0.264 e. The van der Waals surface area contributed by atoms with Crippen LogP contribution in [0.1, 0.15) is 12.5 Å². The summed E-state index contributed by atoms with van der Waals surface area (Å²) in [6, 6.07) is 11.2. The van der Waals surface area contributed by atoms with E-state index in [-0.39, 0.29) is 22.9 Å². The van der Waals surface area contributed by atoms with Crippen molar-refractivity contribution in [2.75, 3.05) is 31.6 Å². The molecule has 1 amide bonds. The summed E-state index contributed by atoms with van der Waals surface area (Å²) < 4.78 is 38.1. The number of amides is 1. The number of benzene rings is 2. The van der Waals surface area contributed by atoms with Gasteiger partial charge in [0.25, 0.3) is 10.0 Å². The summed E-state index contributed by atoms with van der Waals surface area (Å²) in [5.41, 5.74) is 1.19. The molecule has 7 nitrogen and oxygen atoms in total. The maximum absolute atomic E-state index is 13.3. The van der Waals surface area contributed by atoms with E-state index in [4.69, 9.17) is 9.47 Å². The van der Waals surface area contributed by atoms with Crippen LogP contribution < -0.4 is 19.1 Å². The van der Waals surface area contributed by atoms with Gasteiger partial charge in [0.1, 0.15) is 18.0 Å². The molecular formula is C19H24N2O5S. The highest BCUT2D eigenvalue weighted by atomic mass is 32.2. The molecule has 0 saturated heterocycles. The maximum atomic E-state index is 13.3. The molecule has 0 fully saturated rings. The summed E-state index contributed by atoms with van der Waals surface area (Å²) in [7, 11) is -1.05. The van der Waals surface area contributed by atoms with Crippen LogP contribution >= 0.6 is 0 Å². The number of nitrogens with one attached hydrogen (secondary N) is 1. The van der Waals surface area contributed by atoms with E-state index in [1.54, 1.807) is 37.3 Å². The summed E-state index contributed by atoms with van der Waals surface area (Å²) >= 11 is 0. The standard InChI is InChI=1S/C19H24N2O5S/c1-5-20-19(22)13-21(17-11-8-15(25-3)12-18(17)26-4)27(23,24)16-9-6-14(2)7-10-16/h6-12H,5,13H2,1-4H3,(H,20,22). The van der Waals surface area contributed by atoms with Crippen LogP contribution in [0, 0.1) is 6.92 Å². The third-order valence-electron chi connectivity index (χ3n) is 3.93. The van der Waals surface area contributed by atoms with Crippen LogP contribution in [0.25, 0.3) is 0 Å². The second-order valence-electron chi connectivity index (χ2n) is 5.82. The van der Waals surface area contributed by atoms with E-state index in [9.17, 15) is 13.2 Å². The van der Waals surface area contributed by atoms with Crippen LogP contribution in [-0.4, -0.2) is 41.6 Å². The fourth-order valence-electron chi connectivity index (χ4n) is 2.51. The Hall–Kier alpha value is -2.74. The Morgan fingerprint density at radius 2 is 1.74 bits per heavy atom. The lowest BCUT2D eigenvalue weighted by Crippen LogP contribution is -2.41. The lowest BCUT2D eigenvalue weighted by molar-refractivity contribution is -0.119. The first-order valence-corrected chi connectivity index (χ1v) is 9.85. The Kier molecular flexibility index (Phi) is 6.68. The molecule has 0 bridgehead atoms. The largest absolute Gasteiger partial charge is 0.497 e. The summed E-state index contributed by atoms with van der Waals surface area (Å²) in [6.07, 6.45) is 0. The Bertz CT molecular complexity index is 895. The summed E-state index contributed by atoms with van der Waals surface area (Å²) in [5.74, 6) is 0.390. The molecule has 0 aliphatic carbocycles. The average Bonchev–Trinajstić information content (AvgIpc) is 2.66. The number of rotatable bonds is 8. The number of hydrogen-bond donors (Lipinski definition) is 1. The van der Waals surface area contributed by atoms with Gasteiger partial charge < -0.3 is 14.8 Å². The monoisotopic (exact) mass is 392 g/mol. The van der Waals surface area contributed by atoms with Gasteiger partial charge in [0.2, 0.25) is 5.91 Å². The van der Waals surface area contributed by atoms with Gasteiger partial charge in [-0.3, -0.25) is 9.10 Å². The van der Waals surface area contributed by atoms with Crippen molar-refractivity contribution in [1.82, 2.24) is 5.32 Å². The van der Waals surface area contributed by atoms with Crippen LogP contribution in [0.5, 0.6) is 11.5 Å². The van der Waals surface area contributed by atoms with Crippen LogP contribution in [-0.2, 0) is 14.8 Å². The third kappa shape index (κ3) is 4.71. The SMILES string of the molecule is CCNC(=O)CN(c1ccc(OC)cc1OC)S(=O)(=O)c1ccc(C)cc1. The number of hydrogen-bond acceptors (Lipinski definition) is 5. The van der Waals surface area contributed by atoms with Gasteiger partial charge in [-0.1, -0.05) is 17.7 Å². The van der Waals surface area contributed by atoms with E-state index in [1.807, 2.05) is 6.92 Å². The number of likely N-dealkylation sites (N-methyl/N-ethyl adjacent to an activating group) is 1. The number of sulfonamides is 1. The molecule has 0 radical (unpaired) electrons. The molecule has 0 aromatic heterocycles. The van der Waals surface area contributed by atoms with Crippen molar-refractivity contribution in [3.8, 4) is 11.5 Å². The number of methoxy groups -OCH3 is 2. The van der Waals surface area contributed by atoms with Crippen molar-refractivity contribution in [2.24, 2.45) is 0 Å². The van der Waals surface area contributed by atoms with Crippen LogP contribution in [0.2, 0.25) is 0 Å². The number of nitrogens with zero attached hydrogens (tertiary/aromatic N) is 1. The van der Waals surface area contributed by atoms with Gasteiger partial charge in [0.15, 0.2) is 0 Å². The molecule has 0 saturated carbocycles. The molecule has 146 valence electrons. The molecule has 0 aliphatic rings. The van der Waals surface area contributed by atoms with Gasteiger partial charge >= 0.3 is 0 Å². The van der Waals surface area contributed by atoms with E-state index >= 15 is 0 Å². The average molecular weight is 392 g/mol. The van der Waals surface area contributed by atoms with Crippen LogP contribution in [0.15, 0.2) is 47.4 Å². The molecule has 0 spiro atoms. The lowest BCUT2D eigenvalue weighted by Gasteiger charge is -2.26. The molecule has 0 atom stereocenters. The molecule has 0 unspecified atom stereocenters. The van der Waals surface area contributed by atoms with Crippen molar-refractivity contribution in [1.29, 1.82) is 0 Å². The van der Waals surface area contributed by atoms with Crippen molar-refractivity contribution in [3.05, 3.63) is 48.0 Å². The van der Waals surface area contributed by atoms with Crippen molar-refractivity contribution >= 4 is 21.6 Å². The maximum Gasteiger partial charge on any atom is 0.264 e. The Labute approximate surface area is 160 Å². The van der Waals surface area contributed by atoms with Crippen molar-refractivity contribution in [2.45, 2.75) is 18.7 Å². The number of ether oxygens (including phenoxy) is 2. The summed E-state index contributed by atoms with van der Waals surface area (Å²) in [5, 5.41) is 2.63. The molecule has 2 aromatic carbocycles. The second kappa shape index (κ2) is 8.77. The molecule has 2 aromatic rings. The Balaban J connectivity index is 2.58. The summed E-state index contributed by atoms with van der Waals surface area (Å²) in [6.45, 7) is 3.67. The van der Waals surface area contributed by atoms with Crippen molar-refractivity contribution < 1.29 is 22.7 Å². The fraction of sp³-hybridized carbons (Fsp3) is 0.316. The predicted octanol–water partition coefficient (Wildman–Crippen LogP) is 2.34. The van der Waals surface area contributed by atoms with E-state index in [0.29, 0.717) is 12.3 Å². The second-order valence-corrected chi connectivity index (χ2v) is 7.68. The van der Waals surface area contributed by atoms with E-state index in [2.05, 4.69) is 5.32 Å². The molecule has 2 rings (SSSR count). The first-order chi connectivity index (χ1) is 12.8. The van der Waals surface area contributed by atoms with Crippen LogP contribution in [0.3, 0.4) is 0 Å². The predicted molar refractivity (Wildman–Crippen MR) is 104 cm³/mol. The normalized spacial score (nSPS) is 11.0. The topological polar surface area (TPSA) is 84.9 Å². The van der Waals surface area contributed by atoms with Gasteiger partial charge in [0.05, 0.1) is 24.8 Å². The minimum atomic E-state index is -3.98. The zero-order valence-corrected chi connectivity index (χ0v) is 16.7. The van der Waals surface area contributed by atoms with E-state index in [0.717, 1.165) is 9.87 Å². The van der Waals surface area contributed by atoms with Gasteiger partial charge in [-0.05, 0) is 38.1 Å². The number of aryl methyl sites for hydroxylation is 1. The molecule has 0 heterocycles. The highest BCUT2D eigenvalue weighted by molar-refractivity contribution is 7.92. The zero-order valence-electron chi connectivity index (χ0n) is 15.9. The van der Waals surface area contributed by atoms with Crippen molar-refractivity contribution in [3.63, 3.8) is 0 Å². The van der Waals surface area contributed by atoms with Gasteiger partial charge in [0, 0.05) is 12.6 Å². The van der Waals surface area contributed by atoms with E-state index < -0.39 is 15.9 Å². The summed E-state index contributed by atoms with van der Waals surface area (Å²) in [4.78, 5) is 12.3. The molecule has 27 heavy (non-hydrogen) atoms. The molecule has 0 aliphatic heterocycles. The first kappa shape index (κ1) is 20.6. The van der Waals surface area contributed by atoms with Gasteiger partial charge in [-0.2, -0.15) is 0 Å². The molecular weight excluding hydrogens is 368 g/mol. The highest BCUT2D eigenvalue weighted by Crippen LogP contribution is 2.35. The quantitative estimate of drug-likeness (QED) is 0.745. The zero-order chi connectivity index (χ0) is 20.0. The van der Waals surface area contributed by atoms with Crippen LogP contribution in [0.4, 0.5) is 5.69 Å². The highest BCUT2D eigenvalue weighted by Gasteiger charge is 2.29. The first-order valence-electron chi connectivity index (χ1n) is 8.41. The third-order valence-corrected chi connectivity index (χ3v) is 5.70. The lowest BCUT2D eigenvalue weighted by atomic mass is 10.2. The minimum absolute atomic E-state index is 0.0928. The van der Waals surface area contributed by atoms with Gasteiger partial charge in [-0.15, -0.1) is 0 Å².